The van der Waals surface area contributed by atoms with E-state index in [0.29, 0.717) is 31.1 Å². The van der Waals surface area contributed by atoms with Crippen molar-refractivity contribution >= 4 is 11.8 Å². The zero-order valence-corrected chi connectivity index (χ0v) is 14.5. The fourth-order valence-corrected chi connectivity index (χ4v) is 3.08. The number of amides is 2. The molecule has 132 valence electrons. The summed E-state index contributed by atoms with van der Waals surface area (Å²) in [6.45, 7) is 4.69. The Labute approximate surface area is 146 Å². The predicted octanol–water partition coefficient (Wildman–Crippen LogP) is 2.06. The summed E-state index contributed by atoms with van der Waals surface area (Å²) >= 11 is 0. The summed E-state index contributed by atoms with van der Waals surface area (Å²) in [5, 5.41) is 6.73. The maximum absolute atomic E-state index is 12.4. The van der Waals surface area contributed by atoms with Crippen LogP contribution in [-0.2, 0) is 16.1 Å². The van der Waals surface area contributed by atoms with E-state index in [1.165, 1.54) is 0 Å². The van der Waals surface area contributed by atoms with Gasteiger partial charge in [-0.1, -0.05) is 30.3 Å². The van der Waals surface area contributed by atoms with Gasteiger partial charge in [0.15, 0.2) is 5.82 Å². The fourth-order valence-electron chi connectivity index (χ4n) is 3.08. The van der Waals surface area contributed by atoms with Crippen LogP contribution in [0.2, 0.25) is 0 Å². The van der Waals surface area contributed by atoms with Gasteiger partial charge in [0.2, 0.25) is 11.8 Å². The van der Waals surface area contributed by atoms with Crippen molar-refractivity contribution in [3.05, 3.63) is 35.7 Å². The molecule has 1 aliphatic heterocycles. The summed E-state index contributed by atoms with van der Waals surface area (Å²) in [7, 11) is 0. The summed E-state index contributed by atoms with van der Waals surface area (Å²) in [5.41, 5.74) is 1.92. The molecule has 1 atom stereocenters. The Morgan fingerprint density at radius 2 is 2.20 bits per heavy atom. The molecule has 1 aliphatic rings. The van der Waals surface area contributed by atoms with E-state index in [1.807, 2.05) is 38.1 Å². The SMILES string of the molecule is CCC(C(=O)NCc1noc(-c2ccccc2C)n1)N1CCCC1=O. The van der Waals surface area contributed by atoms with Gasteiger partial charge in [0, 0.05) is 18.5 Å². The number of likely N-dealkylation sites (tertiary alicyclic amines) is 1. The van der Waals surface area contributed by atoms with E-state index in [2.05, 4.69) is 15.5 Å². The van der Waals surface area contributed by atoms with E-state index in [0.717, 1.165) is 17.5 Å². The first-order valence-corrected chi connectivity index (χ1v) is 8.56. The monoisotopic (exact) mass is 342 g/mol. The molecule has 2 aromatic rings. The molecule has 1 saturated heterocycles. The number of nitrogens with zero attached hydrogens (tertiary/aromatic N) is 3. The quantitative estimate of drug-likeness (QED) is 0.868. The smallest absolute Gasteiger partial charge is 0.258 e. The second-order valence-electron chi connectivity index (χ2n) is 6.16. The summed E-state index contributed by atoms with van der Waals surface area (Å²) < 4.78 is 5.29. The third kappa shape index (κ3) is 3.70. The molecular weight excluding hydrogens is 320 g/mol. The molecule has 0 spiro atoms. The molecule has 1 fully saturated rings. The average Bonchev–Trinajstić information content (AvgIpc) is 3.24. The van der Waals surface area contributed by atoms with Crippen LogP contribution < -0.4 is 5.32 Å². The van der Waals surface area contributed by atoms with Crippen molar-refractivity contribution in [3.63, 3.8) is 0 Å². The fraction of sp³-hybridized carbons (Fsp3) is 0.444. The molecule has 1 aromatic heterocycles. The molecule has 7 nitrogen and oxygen atoms in total. The highest BCUT2D eigenvalue weighted by atomic mass is 16.5. The zero-order valence-electron chi connectivity index (χ0n) is 14.5. The zero-order chi connectivity index (χ0) is 17.8. The second-order valence-corrected chi connectivity index (χ2v) is 6.16. The molecule has 25 heavy (non-hydrogen) atoms. The van der Waals surface area contributed by atoms with Gasteiger partial charge >= 0.3 is 0 Å². The van der Waals surface area contributed by atoms with Crippen LogP contribution >= 0.6 is 0 Å². The first kappa shape index (κ1) is 17.1. The molecule has 7 heteroatoms. The van der Waals surface area contributed by atoms with Crippen LogP contribution in [0, 0.1) is 6.92 Å². The number of hydrogen-bond donors (Lipinski definition) is 1. The number of aryl methyl sites for hydroxylation is 1. The molecule has 0 aliphatic carbocycles. The minimum absolute atomic E-state index is 0.0448. The van der Waals surface area contributed by atoms with Crippen LogP contribution in [0.25, 0.3) is 11.5 Å². The molecule has 0 radical (unpaired) electrons. The van der Waals surface area contributed by atoms with Crippen LogP contribution in [0.4, 0.5) is 0 Å². The highest BCUT2D eigenvalue weighted by Crippen LogP contribution is 2.21. The molecule has 0 bridgehead atoms. The number of carbonyl (C=O) groups is 2. The van der Waals surface area contributed by atoms with E-state index in [9.17, 15) is 9.59 Å². The van der Waals surface area contributed by atoms with Crippen molar-refractivity contribution in [3.8, 4) is 11.5 Å². The van der Waals surface area contributed by atoms with E-state index in [1.54, 1.807) is 4.90 Å². The highest BCUT2D eigenvalue weighted by Gasteiger charge is 2.31. The lowest BCUT2D eigenvalue weighted by atomic mass is 10.1. The standard InChI is InChI=1S/C18H22N4O3/c1-3-14(22-10-6-9-16(22)23)17(24)19-11-15-20-18(25-21-15)13-8-5-4-7-12(13)2/h4-5,7-8,14H,3,6,9-11H2,1-2H3,(H,19,24). The Bertz CT molecular complexity index is 771. The average molecular weight is 342 g/mol. The molecule has 2 amide bonds. The van der Waals surface area contributed by atoms with E-state index in [4.69, 9.17) is 4.52 Å². The Hall–Kier alpha value is -2.70. The Morgan fingerprint density at radius 1 is 1.40 bits per heavy atom. The van der Waals surface area contributed by atoms with Gasteiger partial charge in [0.1, 0.15) is 6.04 Å². The Balaban J connectivity index is 1.63. The molecule has 1 aromatic carbocycles. The van der Waals surface area contributed by atoms with E-state index in [-0.39, 0.29) is 18.4 Å². The minimum Gasteiger partial charge on any atom is -0.347 e. The molecule has 1 N–H and O–H groups in total. The number of benzene rings is 1. The normalized spacial score (nSPS) is 15.4. The summed E-state index contributed by atoms with van der Waals surface area (Å²) in [4.78, 5) is 30.3. The Morgan fingerprint density at radius 3 is 2.88 bits per heavy atom. The van der Waals surface area contributed by atoms with Crippen molar-refractivity contribution < 1.29 is 14.1 Å². The maximum Gasteiger partial charge on any atom is 0.258 e. The van der Waals surface area contributed by atoms with Gasteiger partial charge in [-0.2, -0.15) is 4.98 Å². The van der Waals surface area contributed by atoms with Gasteiger partial charge in [-0.25, -0.2) is 0 Å². The van der Waals surface area contributed by atoms with Crippen LogP contribution in [-0.4, -0.2) is 39.4 Å². The summed E-state index contributed by atoms with van der Waals surface area (Å²) in [5.74, 6) is 0.710. The number of carbonyl (C=O) groups excluding carboxylic acids is 2. The van der Waals surface area contributed by atoms with Gasteiger partial charge in [-0.3, -0.25) is 9.59 Å². The number of rotatable bonds is 6. The third-order valence-corrected chi connectivity index (χ3v) is 4.44. The third-order valence-electron chi connectivity index (χ3n) is 4.44. The van der Waals surface area contributed by atoms with E-state index >= 15 is 0 Å². The summed E-state index contributed by atoms with van der Waals surface area (Å²) in [6.07, 6.45) is 1.92. The van der Waals surface area contributed by atoms with Crippen LogP contribution in [0.15, 0.2) is 28.8 Å². The van der Waals surface area contributed by atoms with Crippen molar-refractivity contribution in [2.75, 3.05) is 6.54 Å². The van der Waals surface area contributed by atoms with Crippen molar-refractivity contribution in [1.82, 2.24) is 20.4 Å². The van der Waals surface area contributed by atoms with Gasteiger partial charge in [0.05, 0.1) is 6.54 Å². The molecular formula is C18H22N4O3. The first-order valence-electron chi connectivity index (χ1n) is 8.56. The van der Waals surface area contributed by atoms with Gasteiger partial charge in [0.25, 0.3) is 5.89 Å². The van der Waals surface area contributed by atoms with Gasteiger partial charge in [-0.05, 0) is 31.4 Å². The van der Waals surface area contributed by atoms with Crippen LogP contribution in [0.1, 0.15) is 37.6 Å². The lowest BCUT2D eigenvalue weighted by Crippen LogP contribution is -2.47. The molecule has 2 heterocycles. The topological polar surface area (TPSA) is 88.3 Å². The number of nitrogens with one attached hydrogen (secondary N) is 1. The maximum atomic E-state index is 12.4. The number of hydrogen-bond acceptors (Lipinski definition) is 5. The largest absolute Gasteiger partial charge is 0.347 e. The lowest BCUT2D eigenvalue weighted by Gasteiger charge is -2.25. The highest BCUT2D eigenvalue weighted by molar-refractivity contribution is 5.88. The number of aromatic nitrogens is 2. The second kappa shape index (κ2) is 7.46. The van der Waals surface area contributed by atoms with Crippen molar-refractivity contribution in [2.24, 2.45) is 0 Å². The summed E-state index contributed by atoms with van der Waals surface area (Å²) in [6, 6.07) is 7.31. The van der Waals surface area contributed by atoms with Crippen molar-refractivity contribution in [2.45, 2.75) is 45.7 Å². The first-order chi connectivity index (χ1) is 12.1. The molecule has 0 saturated carbocycles. The minimum atomic E-state index is -0.433. The van der Waals surface area contributed by atoms with Gasteiger partial charge < -0.3 is 14.7 Å². The predicted molar refractivity (Wildman–Crippen MR) is 91.3 cm³/mol. The van der Waals surface area contributed by atoms with E-state index < -0.39 is 6.04 Å². The lowest BCUT2D eigenvalue weighted by molar-refractivity contribution is -0.137. The van der Waals surface area contributed by atoms with Crippen LogP contribution in [0.5, 0.6) is 0 Å². The molecule has 3 rings (SSSR count). The molecule has 1 unspecified atom stereocenters. The van der Waals surface area contributed by atoms with Gasteiger partial charge in [-0.15, -0.1) is 0 Å². The van der Waals surface area contributed by atoms with Crippen LogP contribution in [0.3, 0.4) is 0 Å². The van der Waals surface area contributed by atoms with Crippen molar-refractivity contribution in [1.29, 1.82) is 0 Å². The Kier molecular flexibility index (Phi) is 5.11.